The maximum absolute atomic E-state index is 13.5. The van der Waals surface area contributed by atoms with E-state index in [4.69, 9.17) is 0 Å². The minimum Gasteiger partial charge on any atom is -0.368 e. The molecule has 1 aliphatic rings. The molecule has 6 nitrogen and oxygen atoms in total. The van der Waals surface area contributed by atoms with Crippen LogP contribution < -0.4 is 4.90 Å². The van der Waals surface area contributed by atoms with Crippen LogP contribution >= 0.6 is 15.9 Å². The molecule has 0 bridgehead atoms. The van der Waals surface area contributed by atoms with Crippen LogP contribution in [0.3, 0.4) is 0 Å². The molecule has 0 aromatic heterocycles. The van der Waals surface area contributed by atoms with Gasteiger partial charge in [-0.15, -0.1) is 0 Å². The number of rotatable bonds is 8. The molecule has 0 radical (unpaired) electrons. The lowest BCUT2D eigenvalue weighted by Crippen LogP contribution is -2.52. The van der Waals surface area contributed by atoms with Crippen LogP contribution in [-0.4, -0.2) is 62.8 Å². The Bertz CT molecular complexity index is 1180. The Labute approximate surface area is 210 Å². The molecule has 1 saturated heterocycles. The molecule has 8 heteroatoms. The summed E-state index contributed by atoms with van der Waals surface area (Å²) in [7, 11) is -3.82. The highest BCUT2D eigenvalue weighted by molar-refractivity contribution is 9.10. The fourth-order valence-electron chi connectivity index (χ4n) is 4.04. The molecule has 0 aliphatic carbocycles. The van der Waals surface area contributed by atoms with Crippen LogP contribution in [0.4, 0.5) is 5.69 Å². The summed E-state index contributed by atoms with van der Waals surface area (Å²) in [5.41, 5.74) is 2.17. The van der Waals surface area contributed by atoms with Gasteiger partial charge in [-0.2, -0.15) is 4.31 Å². The van der Waals surface area contributed by atoms with Crippen molar-refractivity contribution < 1.29 is 13.2 Å². The largest absolute Gasteiger partial charge is 0.368 e. The number of carbonyl (C=O) groups excluding carboxylic acids is 1. The second kappa shape index (κ2) is 11.2. The third-order valence-corrected chi connectivity index (χ3v) is 8.40. The normalized spacial score (nSPS) is 14.4. The molecule has 0 spiro atoms. The predicted octanol–water partition coefficient (Wildman–Crippen LogP) is 4.03. The molecule has 1 heterocycles. The van der Waals surface area contributed by atoms with Crippen LogP contribution in [0.15, 0.2) is 94.3 Å². The van der Waals surface area contributed by atoms with Crippen LogP contribution in [0, 0.1) is 0 Å². The number of hydrogen-bond donors (Lipinski definition) is 0. The number of anilines is 1. The Balaban J connectivity index is 1.46. The summed E-state index contributed by atoms with van der Waals surface area (Å²) in [6.07, 6.45) is 0.533. The maximum Gasteiger partial charge on any atom is 0.243 e. The van der Waals surface area contributed by atoms with E-state index in [1.165, 1.54) is 4.31 Å². The Morgan fingerprint density at radius 2 is 1.41 bits per heavy atom. The van der Waals surface area contributed by atoms with Crippen molar-refractivity contribution in [3.05, 3.63) is 95.0 Å². The van der Waals surface area contributed by atoms with E-state index in [0.29, 0.717) is 19.5 Å². The molecular weight excluding hydrogens is 514 g/mol. The monoisotopic (exact) mass is 541 g/mol. The molecule has 3 aromatic carbocycles. The smallest absolute Gasteiger partial charge is 0.243 e. The third kappa shape index (κ3) is 6.05. The van der Waals surface area contributed by atoms with Gasteiger partial charge in [0.15, 0.2) is 0 Å². The van der Waals surface area contributed by atoms with E-state index in [2.05, 4.69) is 33.0 Å². The van der Waals surface area contributed by atoms with Gasteiger partial charge < -0.3 is 9.80 Å². The summed E-state index contributed by atoms with van der Waals surface area (Å²) >= 11 is 3.35. The van der Waals surface area contributed by atoms with Crippen molar-refractivity contribution in [2.75, 3.05) is 44.2 Å². The number of amides is 1. The van der Waals surface area contributed by atoms with Gasteiger partial charge in [-0.25, -0.2) is 8.42 Å². The summed E-state index contributed by atoms with van der Waals surface area (Å²) < 4.78 is 29.0. The number of halogens is 1. The first-order valence-corrected chi connectivity index (χ1v) is 13.5. The van der Waals surface area contributed by atoms with E-state index in [-0.39, 0.29) is 23.9 Å². The average molecular weight is 542 g/mol. The number of benzene rings is 3. The summed E-state index contributed by atoms with van der Waals surface area (Å²) in [6.45, 7) is 2.64. The summed E-state index contributed by atoms with van der Waals surface area (Å²) in [5.74, 6) is -0.165. The highest BCUT2D eigenvalue weighted by atomic mass is 79.9. The molecule has 1 aliphatic heterocycles. The first-order chi connectivity index (χ1) is 16.4. The van der Waals surface area contributed by atoms with Gasteiger partial charge in [0.05, 0.1) is 11.4 Å². The zero-order chi connectivity index (χ0) is 24.0. The number of piperazine rings is 1. The molecule has 0 unspecified atom stereocenters. The lowest BCUT2D eigenvalue weighted by Gasteiger charge is -2.37. The van der Waals surface area contributed by atoms with Gasteiger partial charge in [-0.05, 0) is 48.4 Å². The number of nitrogens with zero attached hydrogens (tertiary/aromatic N) is 3. The van der Waals surface area contributed by atoms with E-state index in [9.17, 15) is 13.2 Å². The number of para-hydroxylation sites is 1. The molecule has 0 atom stereocenters. The molecule has 4 rings (SSSR count). The van der Waals surface area contributed by atoms with Crippen molar-refractivity contribution in [2.24, 2.45) is 0 Å². The third-order valence-electron chi connectivity index (χ3n) is 6.01. The second-order valence-corrected chi connectivity index (χ2v) is 11.1. The lowest BCUT2D eigenvalue weighted by atomic mass is 10.1. The summed E-state index contributed by atoms with van der Waals surface area (Å²) in [5, 5.41) is 0. The minimum absolute atomic E-state index is 0.165. The first kappa shape index (κ1) is 24.4. The van der Waals surface area contributed by atoms with Gasteiger partial charge in [0.25, 0.3) is 0 Å². The topological polar surface area (TPSA) is 60.9 Å². The van der Waals surface area contributed by atoms with Gasteiger partial charge in [0.2, 0.25) is 15.9 Å². The van der Waals surface area contributed by atoms with Gasteiger partial charge in [-0.3, -0.25) is 4.79 Å². The predicted molar refractivity (Wildman–Crippen MR) is 138 cm³/mol. The Morgan fingerprint density at radius 1 is 0.824 bits per heavy atom. The van der Waals surface area contributed by atoms with Crippen molar-refractivity contribution >= 4 is 37.5 Å². The van der Waals surface area contributed by atoms with Crippen molar-refractivity contribution in [1.29, 1.82) is 0 Å². The van der Waals surface area contributed by atoms with E-state index in [0.717, 1.165) is 28.8 Å². The Kier molecular flexibility index (Phi) is 8.03. The number of carbonyl (C=O) groups is 1. The number of sulfonamides is 1. The van der Waals surface area contributed by atoms with E-state index in [1.807, 2.05) is 48.5 Å². The summed E-state index contributed by atoms with van der Waals surface area (Å²) in [4.78, 5) is 17.4. The minimum atomic E-state index is -3.82. The van der Waals surface area contributed by atoms with E-state index in [1.54, 1.807) is 29.2 Å². The Morgan fingerprint density at radius 3 is 2.03 bits per heavy atom. The molecule has 178 valence electrons. The van der Waals surface area contributed by atoms with E-state index < -0.39 is 10.0 Å². The fraction of sp³-hybridized carbons (Fsp3) is 0.269. The van der Waals surface area contributed by atoms with Gasteiger partial charge in [0, 0.05) is 42.9 Å². The van der Waals surface area contributed by atoms with E-state index >= 15 is 0 Å². The molecule has 0 saturated carbocycles. The maximum atomic E-state index is 13.5. The quantitative estimate of drug-likeness (QED) is 0.432. The second-order valence-electron chi connectivity index (χ2n) is 8.23. The number of hydrogen-bond acceptors (Lipinski definition) is 4. The molecular formula is C26H28BrN3O3S. The standard InChI is InChI=1S/C26H28BrN3O3S/c27-23-11-13-25(14-12-23)34(32,33)30(16-15-22-7-3-1-4-8-22)21-26(31)29-19-17-28(18-20-29)24-9-5-2-6-10-24/h1-14H,15-21H2. The van der Waals surface area contributed by atoms with Crippen LogP contribution in [0.1, 0.15) is 5.56 Å². The van der Waals surface area contributed by atoms with Crippen molar-refractivity contribution in [3.8, 4) is 0 Å². The van der Waals surface area contributed by atoms with Crippen molar-refractivity contribution in [2.45, 2.75) is 11.3 Å². The average Bonchev–Trinajstić information content (AvgIpc) is 2.88. The molecule has 3 aromatic rings. The lowest BCUT2D eigenvalue weighted by molar-refractivity contribution is -0.131. The van der Waals surface area contributed by atoms with Crippen LogP contribution in [0.2, 0.25) is 0 Å². The Hall–Kier alpha value is -2.68. The molecule has 1 amide bonds. The molecule has 1 fully saturated rings. The zero-order valence-corrected chi connectivity index (χ0v) is 21.3. The first-order valence-electron chi connectivity index (χ1n) is 11.3. The highest BCUT2D eigenvalue weighted by Crippen LogP contribution is 2.21. The molecule has 34 heavy (non-hydrogen) atoms. The summed E-state index contributed by atoms with van der Waals surface area (Å²) in [6, 6.07) is 26.4. The molecule has 0 N–H and O–H groups in total. The zero-order valence-electron chi connectivity index (χ0n) is 18.9. The highest BCUT2D eigenvalue weighted by Gasteiger charge is 2.29. The van der Waals surface area contributed by atoms with Gasteiger partial charge in [0.1, 0.15) is 0 Å². The fourth-order valence-corrected chi connectivity index (χ4v) is 5.70. The van der Waals surface area contributed by atoms with Crippen LogP contribution in [0.25, 0.3) is 0 Å². The van der Waals surface area contributed by atoms with Crippen LogP contribution in [-0.2, 0) is 21.2 Å². The van der Waals surface area contributed by atoms with Crippen LogP contribution in [0.5, 0.6) is 0 Å². The van der Waals surface area contributed by atoms with Gasteiger partial charge in [-0.1, -0.05) is 64.5 Å². The van der Waals surface area contributed by atoms with Crippen molar-refractivity contribution in [3.63, 3.8) is 0 Å². The van der Waals surface area contributed by atoms with Gasteiger partial charge >= 0.3 is 0 Å². The van der Waals surface area contributed by atoms with Crippen molar-refractivity contribution in [1.82, 2.24) is 9.21 Å². The SMILES string of the molecule is O=C(CN(CCc1ccccc1)S(=O)(=O)c1ccc(Br)cc1)N1CCN(c2ccccc2)CC1.